The van der Waals surface area contributed by atoms with Gasteiger partial charge in [-0.2, -0.15) is 9.36 Å². The van der Waals surface area contributed by atoms with Gasteiger partial charge in [-0.05, 0) is 11.8 Å². The van der Waals surface area contributed by atoms with Gasteiger partial charge >= 0.3 is 0 Å². The molecule has 0 bridgehead atoms. The highest BCUT2D eigenvalue weighted by molar-refractivity contribution is 7.98. The highest BCUT2D eigenvalue weighted by Gasteiger charge is 2.21. The number of carbonyl (C=O) groups excluding carboxylic acids is 1. The van der Waals surface area contributed by atoms with Crippen molar-refractivity contribution in [2.75, 3.05) is 18.7 Å². The predicted molar refractivity (Wildman–Crippen MR) is 76.5 cm³/mol. The Bertz CT molecular complexity index is 545. The number of anilines is 1. The first-order valence-electron chi connectivity index (χ1n) is 5.51. The van der Waals surface area contributed by atoms with Crippen LogP contribution in [0.4, 0.5) is 5.13 Å². The van der Waals surface area contributed by atoms with Crippen LogP contribution in [-0.4, -0.2) is 28.6 Å². The molecular weight excluding hydrogens is 282 g/mol. The number of methoxy groups -OCH3 is 1. The van der Waals surface area contributed by atoms with E-state index in [0.29, 0.717) is 10.3 Å². The summed E-state index contributed by atoms with van der Waals surface area (Å²) in [6.45, 7) is 0. The van der Waals surface area contributed by atoms with Crippen LogP contribution in [0.25, 0.3) is 0 Å². The Labute approximate surface area is 119 Å². The fourth-order valence-corrected chi connectivity index (χ4v) is 2.67. The summed E-state index contributed by atoms with van der Waals surface area (Å²) in [5, 5.41) is 3.84. The summed E-state index contributed by atoms with van der Waals surface area (Å²) in [7, 11) is 1.50. The third-order valence-electron chi connectivity index (χ3n) is 2.40. The Kier molecular flexibility index (Phi) is 4.89. The first-order valence-corrected chi connectivity index (χ1v) is 7.50. The molecule has 2 aromatic rings. The summed E-state index contributed by atoms with van der Waals surface area (Å²) >= 11 is 2.59. The number of aromatic nitrogens is 2. The normalized spacial score (nSPS) is 12.1. The van der Waals surface area contributed by atoms with E-state index in [1.807, 2.05) is 36.6 Å². The lowest BCUT2D eigenvalue weighted by Gasteiger charge is -2.14. The zero-order valence-electron chi connectivity index (χ0n) is 10.5. The number of nitrogens with one attached hydrogen (secondary N) is 1. The summed E-state index contributed by atoms with van der Waals surface area (Å²) in [6.07, 6.45) is 1.23. The molecule has 0 unspecified atom stereocenters. The second-order valence-corrected chi connectivity index (χ2v) is 5.13. The maximum atomic E-state index is 12.1. The molecule has 0 aliphatic rings. The van der Waals surface area contributed by atoms with E-state index in [1.54, 1.807) is 0 Å². The highest BCUT2D eigenvalue weighted by Crippen LogP contribution is 2.21. The molecule has 7 heteroatoms. The molecule has 0 fully saturated rings. The smallest absolute Gasteiger partial charge is 0.259 e. The van der Waals surface area contributed by atoms with Crippen molar-refractivity contribution in [1.82, 2.24) is 9.36 Å². The van der Waals surface area contributed by atoms with Gasteiger partial charge in [0.05, 0.1) is 0 Å². The average molecular weight is 295 g/mol. The molecular formula is C12H13N3O2S2. The van der Waals surface area contributed by atoms with E-state index in [2.05, 4.69) is 14.7 Å². The van der Waals surface area contributed by atoms with Gasteiger partial charge < -0.3 is 4.74 Å². The summed E-state index contributed by atoms with van der Waals surface area (Å²) in [5.74, 6) is -0.252. The molecule has 2 rings (SSSR count). The first kappa shape index (κ1) is 14.0. The SMILES string of the molecule is CO[C@@H](C(=O)Nc1nc(SC)ns1)c1ccccc1. The van der Waals surface area contributed by atoms with E-state index in [9.17, 15) is 4.79 Å². The Morgan fingerprint density at radius 3 is 2.74 bits per heavy atom. The van der Waals surface area contributed by atoms with E-state index in [-0.39, 0.29) is 5.91 Å². The highest BCUT2D eigenvalue weighted by atomic mass is 32.2. The molecule has 0 saturated carbocycles. The number of hydrogen-bond donors (Lipinski definition) is 1. The third kappa shape index (κ3) is 3.52. The number of rotatable bonds is 5. The van der Waals surface area contributed by atoms with Crippen LogP contribution in [0.2, 0.25) is 0 Å². The standard InChI is InChI=1S/C12H13N3O2S2/c1-17-9(8-6-4-3-5-7-8)10(16)13-11-14-12(18-2)15-19-11/h3-7,9H,1-2H3,(H,13,14,15,16)/t9-/m1/s1. The van der Waals surface area contributed by atoms with Gasteiger partial charge in [0.1, 0.15) is 0 Å². The average Bonchev–Trinajstić information content (AvgIpc) is 2.88. The number of benzene rings is 1. The molecule has 19 heavy (non-hydrogen) atoms. The molecule has 1 aromatic carbocycles. The number of hydrogen-bond acceptors (Lipinski definition) is 6. The largest absolute Gasteiger partial charge is 0.367 e. The monoisotopic (exact) mass is 295 g/mol. The van der Waals surface area contributed by atoms with Crippen LogP contribution < -0.4 is 5.32 Å². The zero-order chi connectivity index (χ0) is 13.7. The second-order valence-electron chi connectivity index (χ2n) is 3.60. The van der Waals surface area contributed by atoms with E-state index in [4.69, 9.17) is 4.74 Å². The summed E-state index contributed by atoms with van der Waals surface area (Å²) in [6, 6.07) is 9.32. The van der Waals surface area contributed by atoms with Crippen molar-refractivity contribution < 1.29 is 9.53 Å². The number of carbonyl (C=O) groups is 1. The van der Waals surface area contributed by atoms with Gasteiger partial charge in [0.15, 0.2) is 6.10 Å². The molecule has 1 atom stereocenters. The van der Waals surface area contributed by atoms with Gasteiger partial charge in [-0.1, -0.05) is 42.1 Å². The molecule has 0 aliphatic carbocycles. The van der Waals surface area contributed by atoms with Gasteiger partial charge in [0, 0.05) is 18.6 Å². The van der Waals surface area contributed by atoms with Crippen LogP contribution in [0.3, 0.4) is 0 Å². The van der Waals surface area contributed by atoms with Crippen molar-refractivity contribution in [3.8, 4) is 0 Å². The van der Waals surface area contributed by atoms with Gasteiger partial charge in [-0.3, -0.25) is 10.1 Å². The van der Waals surface area contributed by atoms with Crippen molar-refractivity contribution in [3.63, 3.8) is 0 Å². The molecule has 5 nitrogen and oxygen atoms in total. The Morgan fingerprint density at radius 1 is 1.42 bits per heavy atom. The molecule has 0 radical (unpaired) electrons. The third-order valence-corrected chi connectivity index (χ3v) is 3.69. The molecule has 1 heterocycles. The fraction of sp³-hybridized carbons (Fsp3) is 0.250. The maximum Gasteiger partial charge on any atom is 0.259 e. The lowest BCUT2D eigenvalue weighted by Crippen LogP contribution is -2.22. The maximum absolute atomic E-state index is 12.1. The molecule has 1 aromatic heterocycles. The first-order chi connectivity index (χ1) is 9.24. The van der Waals surface area contributed by atoms with Gasteiger partial charge in [-0.15, -0.1) is 0 Å². The van der Waals surface area contributed by atoms with Crippen molar-refractivity contribution in [2.45, 2.75) is 11.3 Å². The second kappa shape index (κ2) is 6.65. The number of amides is 1. The van der Waals surface area contributed by atoms with Crippen molar-refractivity contribution in [3.05, 3.63) is 35.9 Å². The Hall–Kier alpha value is -1.44. The van der Waals surface area contributed by atoms with Crippen molar-refractivity contribution in [2.24, 2.45) is 0 Å². The molecule has 0 saturated heterocycles. The van der Waals surface area contributed by atoms with Gasteiger partial charge in [0.2, 0.25) is 10.3 Å². The predicted octanol–water partition coefficient (Wildman–Crippen LogP) is 2.59. The minimum Gasteiger partial charge on any atom is -0.367 e. The Morgan fingerprint density at radius 2 is 2.16 bits per heavy atom. The molecule has 1 N–H and O–H groups in total. The van der Waals surface area contributed by atoms with Gasteiger partial charge in [0.25, 0.3) is 5.91 Å². The number of nitrogens with zero attached hydrogens (tertiary/aromatic N) is 2. The van der Waals surface area contributed by atoms with Crippen LogP contribution in [0.1, 0.15) is 11.7 Å². The molecule has 1 amide bonds. The van der Waals surface area contributed by atoms with Crippen LogP contribution in [-0.2, 0) is 9.53 Å². The molecule has 0 aliphatic heterocycles. The van der Waals surface area contributed by atoms with Crippen molar-refractivity contribution >= 4 is 34.3 Å². The lowest BCUT2D eigenvalue weighted by atomic mass is 10.1. The fourth-order valence-electron chi connectivity index (χ4n) is 1.54. The van der Waals surface area contributed by atoms with E-state index >= 15 is 0 Å². The molecule has 0 spiro atoms. The summed E-state index contributed by atoms with van der Waals surface area (Å²) in [4.78, 5) is 16.3. The topological polar surface area (TPSA) is 64.1 Å². The van der Waals surface area contributed by atoms with E-state index in [0.717, 1.165) is 17.1 Å². The quantitative estimate of drug-likeness (QED) is 0.859. The van der Waals surface area contributed by atoms with Crippen LogP contribution >= 0.6 is 23.3 Å². The van der Waals surface area contributed by atoms with E-state index in [1.165, 1.54) is 18.9 Å². The van der Waals surface area contributed by atoms with Crippen molar-refractivity contribution in [1.29, 1.82) is 0 Å². The zero-order valence-corrected chi connectivity index (χ0v) is 12.1. The number of ether oxygens (including phenoxy) is 1. The van der Waals surface area contributed by atoms with Crippen LogP contribution in [0, 0.1) is 0 Å². The summed E-state index contributed by atoms with van der Waals surface area (Å²) < 4.78 is 9.33. The van der Waals surface area contributed by atoms with Crippen LogP contribution in [0.5, 0.6) is 0 Å². The summed E-state index contributed by atoms with van der Waals surface area (Å²) in [5.41, 5.74) is 0.803. The lowest BCUT2D eigenvalue weighted by molar-refractivity contribution is -0.126. The van der Waals surface area contributed by atoms with Gasteiger partial charge in [-0.25, -0.2) is 0 Å². The van der Waals surface area contributed by atoms with E-state index < -0.39 is 6.10 Å². The minimum absolute atomic E-state index is 0.252. The Balaban J connectivity index is 2.09. The van der Waals surface area contributed by atoms with Crippen LogP contribution in [0.15, 0.2) is 35.5 Å². The minimum atomic E-state index is -0.650. The number of thioether (sulfide) groups is 1. The molecule has 100 valence electrons.